The molecule has 0 bridgehead atoms. The highest BCUT2D eigenvalue weighted by atomic mass is 16.5. The molecule has 8 heteroatoms. The second-order valence-electron chi connectivity index (χ2n) is 6.42. The zero-order chi connectivity index (χ0) is 21.0. The number of fused-ring (bicyclic) bond motifs is 1. The number of para-hydroxylation sites is 2. The van der Waals surface area contributed by atoms with Gasteiger partial charge in [-0.3, -0.25) is 9.59 Å². The van der Waals surface area contributed by atoms with Crippen LogP contribution in [0.25, 0.3) is 0 Å². The number of carbonyl (C=O) groups excluding carboxylic acids is 3. The normalized spacial score (nSPS) is 15.2. The molecule has 1 aliphatic heterocycles. The number of hydrogen-bond donors (Lipinski definition) is 1. The highest BCUT2D eigenvalue weighted by Gasteiger charge is 2.31. The summed E-state index contributed by atoms with van der Waals surface area (Å²) in [5, 5.41) is 2.70. The van der Waals surface area contributed by atoms with Gasteiger partial charge in [0.25, 0.3) is 5.91 Å². The first kappa shape index (κ1) is 20.2. The maximum atomic E-state index is 12.5. The second kappa shape index (κ2) is 8.64. The van der Waals surface area contributed by atoms with Gasteiger partial charge in [0.2, 0.25) is 5.91 Å². The van der Waals surface area contributed by atoms with Gasteiger partial charge in [0.05, 0.1) is 31.2 Å². The van der Waals surface area contributed by atoms with Crippen molar-refractivity contribution in [1.82, 2.24) is 0 Å². The fourth-order valence-electron chi connectivity index (χ4n) is 3.05. The molecule has 29 heavy (non-hydrogen) atoms. The van der Waals surface area contributed by atoms with E-state index in [0.717, 1.165) is 0 Å². The quantitative estimate of drug-likeness (QED) is 0.752. The number of methoxy groups -OCH3 is 2. The van der Waals surface area contributed by atoms with Crippen LogP contribution < -0.4 is 19.7 Å². The molecule has 2 amide bonds. The van der Waals surface area contributed by atoms with Gasteiger partial charge >= 0.3 is 5.97 Å². The Bertz CT molecular complexity index is 943. The number of amides is 2. The van der Waals surface area contributed by atoms with Gasteiger partial charge in [-0.05, 0) is 37.3 Å². The molecular weight excluding hydrogens is 376 g/mol. The lowest BCUT2D eigenvalue weighted by Crippen LogP contribution is -2.45. The van der Waals surface area contributed by atoms with E-state index in [4.69, 9.17) is 14.2 Å². The van der Waals surface area contributed by atoms with Crippen LogP contribution in [0.4, 0.5) is 11.4 Å². The Balaban J connectivity index is 1.72. The number of nitrogens with one attached hydrogen (secondary N) is 1. The highest BCUT2D eigenvalue weighted by Crippen LogP contribution is 2.33. The lowest BCUT2D eigenvalue weighted by Gasteiger charge is -2.32. The smallest absolute Gasteiger partial charge is 0.340 e. The fourth-order valence-corrected chi connectivity index (χ4v) is 3.05. The van der Waals surface area contributed by atoms with Crippen molar-refractivity contribution in [3.8, 4) is 11.5 Å². The van der Waals surface area contributed by atoms with Crippen molar-refractivity contribution in [3.05, 3.63) is 48.0 Å². The van der Waals surface area contributed by atoms with E-state index in [2.05, 4.69) is 5.32 Å². The van der Waals surface area contributed by atoms with E-state index in [1.165, 1.54) is 25.2 Å². The molecule has 0 aromatic heterocycles. The number of esters is 1. The number of anilines is 2. The first-order valence-electron chi connectivity index (χ1n) is 9.08. The van der Waals surface area contributed by atoms with Gasteiger partial charge in [-0.25, -0.2) is 4.79 Å². The average molecular weight is 398 g/mol. The Morgan fingerprint density at radius 3 is 2.66 bits per heavy atom. The predicted molar refractivity (Wildman–Crippen MR) is 106 cm³/mol. The molecule has 0 radical (unpaired) electrons. The molecule has 3 rings (SSSR count). The highest BCUT2D eigenvalue weighted by molar-refractivity contribution is 6.03. The zero-order valence-electron chi connectivity index (χ0n) is 16.4. The van der Waals surface area contributed by atoms with Gasteiger partial charge in [-0.1, -0.05) is 12.1 Å². The fraction of sp³-hybridized carbons (Fsp3) is 0.286. The molecule has 8 nitrogen and oxygen atoms in total. The molecule has 1 atom stereocenters. The molecule has 1 heterocycles. The van der Waals surface area contributed by atoms with E-state index in [9.17, 15) is 14.4 Å². The molecule has 0 aliphatic carbocycles. The Hall–Kier alpha value is -3.55. The van der Waals surface area contributed by atoms with Crippen molar-refractivity contribution in [2.45, 2.75) is 19.4 Å². The summed E-state index contributed by atoms with van der Waals surface area (Å²) in [4.78, 5) is 38.6. The van der Waals surface area contributed by atoms with E-state index in [1.54, 1.807) is 37.3 Å². The lowest BCUT2D eigenvalue weighted by molar-refractivity contribution is -0.125. The molecule has 2 aromatic carbocycles. The molecular formula is C21H22N2O6. The van der Waals surface area contributed by atoms with Crippen molar-refractivity contribution in [1.29, 1.82) is 0 Å². The maximum Gasteiger partial charge on any atom is 0.340 e. The summed E-state index contributed by atoms with van der Waals surface area (Å²) in [6.45, 7) is 1.85. The number of rotatable bonds is 6. The molecule has 0 fully saturated rings. The van der Waals surface area contributed by atoms with Crippen molar-refractivity contribution in [2.24, 2.45) is 0 Å². The van der Waals surface area contributed by atoms with Gasteiger partial charge in [-0.2, -0.15) is 0 Å². The van der Waals surface area contributed by atoms with Crippen LogP contribution in [-0.4, -0.2) is 44.7 Å². The number of carbonyl (C=O) groups is 3. The topological polar surface area (TPSA) is 94.2 Å². The summed E-state index contributed by atoms with van der Waals surface area (Å²) in [6.07, 6.45) is -0.583. The predicted octanol–water partition coefficient (Wildman–Crippen LogP) is 2.62. The lowest BCUT2D eigenvalue weighted by atomic mass is 10.1. The number of ether oxygens (including phenoxy) is 3. The van der Waals surface area contributed by atoms with Crippen LogP contribution in [0.2, 0.25) is 0 Å². The van der Waals surface area contributed by atoms with Gasteiger partial charge in [0.15, 0.2) is 6.10 Å². The molecule has 1 aliphatic rings. The van der Waals surface area contributed by atoms with E-state index in [-0.39, 0.29) is 30.3 Å². The van der Waals surface area contributed by atoms with Gasteiger partial charge in [0, 0.05) is 13.0 Å². The summed E-state index contributed by atoms with van der Waals surface area (Å²) >= 11 is 0. The van der Waals surface area contributed by atoms with Crippen LogP contribution in [0.1, 0.15) is 23.7 Å². The van der Waals surface area contributed by atoms with Gasteiger partial charge in [0.1, 0.15) is 11.5 Å². The summed E-state index contributed by atoms with van der Waals surface area (Å²) in [6, 6.07) is 11.9. The molecule has 1 N–H and O–H groups in total. The largest absolute Gasteiger partial charge is 0.497 e. The van der Waals surface area contributed by atoms with Crippen molar-refractivity contribution >= 4 is 29.2 Å². The van der Waals surface area contributed by atoms with Gasteiger partial charge < -0.3 is 24.4 Å². The van der Waals surface area contributed by atoms with E-state index >= 15 is 0 Å². The van der Waals surface area contributed by atoms with Crippen LogP contribution in [0.15, 0.2) is 42.5 Å². The first-order chi connectivity index (χ1) is 13.9. The van der Waals surface area contributed by atoms with Gasteiger partial charge in [-0.15, -0.1) is 0 Å². The third-order valence-corrected chi connectivity index (χ3v) is 4.54. The maximum absolute atomic E-state index is 12.5. The van der Waals surface area contributed by atoms with E-state index in [1.807, 2.05) is 6.07 Å². The van der Waals surface area contributed by atoms with Crippen LogP contribution in [0, 0.1) is 0 Å². The third kappa shape index (κ3) is 4.31. The minimum atomic E-state index is -0.625. The number of hydrogen-bond acceptors (Lipinski definition) is 6. The van der Waals surface area contributed by atoms with Crippen LogP contribution in [0.3, 0.4) is 0 Å². The Labute approximate surface area is 168 Å². The summed E-state index contributed by atoms with van der Waals surface area (Å²) < 4.78 is 15.5. The molecule has 2 aromatic rings. The SMILES string of the molecule is COC(=O)c1cc(OC)ccc1NC(=O)CCN1C(=O)C(C)Oc2ccccc21. The summed E-state index contributed by atoms with van der Waals surface area (Å²) in [7, 11) is 2.74. The van der Waals surface area contributed by atoms with Crippen molar-refractivity contribution < 1.29 is 28.6 Å². The Kier molecular flexibility index (Phi) is 6.01. The number of benzene rings is 2. The van der Waals surface area contributed by atoms with E-state index in [0.29, 0.717) is 22.9 Å². The molecule has 0 saturated carbocycles. The Morgan fingerprint density at radius 1 is 1.17 bits per heavy atom. The third-order valence-electron chi connectivity index (χ3n) is 4.54. The second-order valence-corrected chi connectivity index (χ2v) is 6.42. The molecule has 0 saturated heterocycles. The van der Waals surface area contributed by atoms with Crippen molar-refractivity contribution in [3.63, 3.8) is 0 Å². The standard InChI is InChI=1S/C21H22N2O6/c1-13-20(25)23(17-6-4-5-7-18(17)29-13)11-10-19(24)22-16-9-8-14(27-2)12-15(16)21(26)28-3/h4-9,12-13H,10-11H2,1-3H3,(H,22,24). The molecule has 0 spiro atoms. The summed E-state index contributed by atoms with van der Waals surface area (Å²) in [5.41, 5.74) is 1.12. The van der Waals surface area contributed by atoms with Crippen LogP contribution in [0.5, 0.6) is 11.5 Å². The molecule has 152 valence electrons. The van der Waals surface area contributed by atoms with E-state index < -0.39 is 12.1 Å². The average Bonchev–Trinajstić information content (AvgIpc) is 2.73. The number of nitrogens with zero attached hydrogens (tertiary/aromatic N) is 1. The molecule has 1 unspecified atom stereocenters. The van der Waals surface area contributed by atoms with Crippen LogP contribution in [-0.2, 0) is 14.3 Å². The van der Waals surface area contributed by atoms with Crippen molar-refractivity contribution in [2.75, 3.05) is 31.0 Å². The summed E-state index contributed by atoms with van der Waals surface area (Å²) in [5.74, 6) is -0.0812. The zero-order valence-corrected chi connectivity index (χ0v) is 16.4. The Morgan fingerprint density at radius 2 is 1.93 bits per heavy atom. The van der Waals surface area contributed by atoms with Crippen LogP contribution >= 0.6 is 0 Å². The minimum Gasteiger partial charge on any atom is -0.497 e. The monoisotopic (exact) mass is 398 g/mol. The minimum absolute atomic E-state index is 0.0411. The first-order valence-corrected chi connectivity index (χ1v) is 9.08.